The number of carbonyl (C=O) groups excluding carboxylic acids is 1. The average Bonchev–Trinajstić information content (AvgIpc) is 3.07. The maximum Gasteiger partial charge on any atom is 0.326 e. The van der Waals surface area contributed by atoms with Crippen LogP contribution in [0.3, 0.4) is 0 Å². The number of carboxylic acids is 1. The summed E-state index contributed by atoms with van der Waals surface area (Å²) in [6.07, 6.45) is 0.672. The Hall–Kier alpha value is -2.70. The van der Waals surface area contributed by atoms with Gasteiger partial charge < -0.3 is 14.5 Å². The first-order valence-corrected chi connectivity index (χ1v) is 8.23. The monoisotopic (exact) mass is 345 g/mol. The summed E-state index contributed by atoms with van der Waals surface area (Å²) in [6.45, 7) is 3.91. The number of amides is 1. The van der Waals surface area contributed by atoms with Gasteiger partial charge in [-0.15, -0.1) is 0 Å². The van der Waals surface area contributed by atoms with E-state index < -0.39 is 12.0 Å². The van der Waals surface area contributed by atoms with Crippen molar-refractivity contribution in [2.75, 3.05) is 7.05 Å². The van der Waals surface area contributed by atoms with Crippen LogP contribution in [-0.2, 0) is 22.4 Å². The SMILES string of the molecule is CC(C)c1noc(CCC(=O)N(C)C(Cc2ccccc2)C(=O)O)n1. The fourth-order valence-corrected chi connectivity index (χ4v) is 2.40. The Labute approximate surface area is 146 Å². The number of rotatable bonds is 8. The Balaban J connectivity index is 1.96. The summed E-state index contributed by atoms with van der Waals surface area (Å²) in [5.41, 5.74) is 0.869. The molecule has 134 valence electrons. The van der Waals surface area contributed by atoms with Crippen LogP contribution in [0.2, 0.25) is 0 Å². The van der Waals surface area contributed by atoms with Crippen molar-refractivity contribution in [2.24, 2.45) is 0 Å². The molecule has 0 aliphatic heterocycles. The van der Waals surface area contributed by atoms with Crippen LogP contribution >= 0.6 is 0 Å². The summed E-state index contributed by atoms with van der Waals surface area (Å²) < 4.78 is 5.11. The lowest BCUT2D eigenvalue weighted by Crippen LogP contribution is -2.43. The molecule has 0 bridgehead atoms. The summed E-state index contributed by atoms with van der Waals surface area (Å²) in [5, 5.41) is 13.3. The van der Waals surface area contributed by atoms with E-state index in [1.807, 2.05) is 44.2 Å². The van der Waals surface area contributed by atoms with Gasteiger partial charge in [0.1, 0.15) is 6.04 Å². The van der Waals surface area contributed by atoms with Gasteiger partial charge >= 0.3 is 5.97 Å². The highest BCUT2D eigenvalue weighted by molar-refractivity contribution is 5.83. The summed E-state index contributed by atoms with van der Waals surface area (Å²) in [5.74, 6) is -0.158. The third-order valence-electron chi connectivity index (χ3n) is 3.97. The summed E-state index contributed by atoms with van der Waals surface area (Å²) >= 11 is 0. The second-order valence-electron chi connectivity index (χ2n) is 6.25. The van der Waals surface area contributed by atoms with Crippen molar-refractivity contribution in [3.8, 4) is 0 Å². The molecule has 2 rings (SSSR count). The van der Waals surface area contributed by atoms with Crippen LogP contribution in [-0.4, -0.2) is 45.1 Å². The van der Waals surface area contributed by atoms with Gasteiger partial charge in [-0.2, -0.15) is 4.98 Å². The molecule has 0 saturated heterocycles. The minimum atomic E-state index is -1.03. The van der Waals surface area contributed by atoms with E-state index in [-0.39, 0.29) is 24.7 Å². The molecule has 7 heteroatoms. The van der Waals surface area contributed by atoms with E-state index in [0.717, 1.165) is 5.56 Å². The number of aliphatic carboxylic acids is 1. The first-order chi connectivity index (χ1) is 11.9. The fraction of sp³-hybridized carbons (Fsp3) is 0.444. The quantitative estimate of drug-likeness (QED) is 0.788. The van der Waals surface area contributed by atoms with Gasteiger partial charge in [0, 0.05) is 32.2 Å². The minimum Gasteiger partial charge on any atom is -0.480 e. The van der Waals surface area contributed by atoms with E-state index in [1.54, 1.807) is 0 Å². The molecule has 1 unspecified atom stereocenters. The van der Waals surface area contributed by atoms with Gasteiger partial charge in [0.2, 0.25) is 11.8 Å². The highest BCUT2D eigenvalue weighted by atomic mass is 16.5. The Morgan fingerprint density at radius 3 is 2.48 bits per heavy atom. The van der Waals surface area contributed by atoms with E-state index in [4.69, 9.17) is 4.52 Å². The molecule has 1 amide bonds. The maximum absolute atomic E-state index is 12.4. The lowest BCUT2D eigenvalue weighted by molar-refractivity contribution is -0.149. The number of aromatic nitrogens is 2. The van der Waals surface area contributed by atoms with Crippen LogP contribution in [0.15, 0.2) is 34.9 Å². The molecule has 25 heavy (non-hydrogen) atoms. The predicted molar refractivity (Wildman–Crippen MR) is 91.0 cm³/mol. The van der Waals surface area contributed by atoms with Crippen molar-refractivity contribution >= 4 is 11.9 Å². The smallest absolute Gasteiger partial charge is 0.326 e. The fourth-order valence-electron chi connectivity index (χ4n) is 2.40. The number of hydrogen-bond donors (Lipinski definition) is 1. The molecule has 2 aromatic rings. The minimum absolute atomic E-state index is 0.120. The molecular formula is C18H23N3O4. The van der Waals surface area contributed by atoms with E-state index >= 15 is 0 Å². The molecule has 0 aliphatic carbocycles. The Kier molecular flexibility index (Phi) is 6.27. The van der Waals surface area contributed by atoms with E-state index in [0.29, 0.717) is 18.1 Å². The zero-order chi connectivity index (χ0) is 18.4. The third-order valence-corrected chi connectivity index (χ3v) is 3.97. The number of carbonyl (C=O) groups is 2. The van der Waals surface area contributed by atoms with Crippen molar-refractivity contribution in [1.29, 1.82) is 0 Å². The van der Waals surface area contributed by atoms with E-state index in [9.17, 15) is 14.7 Å². The van der Waals surface area contributed by atoms with Gasteiger partial charge in [-0.3, -0.25) is 4.79 Å². The van der Waals surface area contributed by atoms with E-state index in [1.165, 1.54) is 11.9 Å². The van der Waals surface area contributed by atoms with Gasteiger partial charge in [0.25, 0.3) is 0 Å². The molecule has 0 spiro atoms. The van der Waals surface area contributed by atoms with E-state index in [2.05, 4.69) is 10.1 Å². The molecule has 1 heterocycles. The standard InChI is InChI=1S/C18H23N3O4/c1-12(2)17-19-15(25-20-17)9-10-16(22)21(3)14(18(23)24)11-13-7-5-4-6-8-13/h4-8,12,14H,9-11H2,1-3H3,(H,23,24). The summed E-state index contributed by atoms with van der Waals surface area (Å²) in [4.78, 5) is 29.4. The molecule has 0 fully saturated rings. The summed E-state index contributed by atoms with van der Waals surface area (Å²) in [6, 6.07) is 8.34. The first kappa shape index (κ1) is 18.6. The number of benzene rings is 1. The Morgan fingerprint density at radius 1 is 1.24 bits per heavy atom. The number of aryl methyl sites for hydroxylation is 1. The molecular weight excluding hydrogens is 322 g/mol. The van der Waals surface area contributed by atoms with Crippen LogP contribution in [0.1, 0.15) is 43.5 Å². The topological polar surface area (TPSA) is 96.5 Å². The van der Waals surface area contributed by atoms with Crippen molar-refractivity contribution < 1.29 is 19.2 Å². The van der Waals surface area contributed by atoms with Gasteiger partial charge in [-0.25, -0.2) is 4.79 Å². The maximum atomic E-state index is 12.4. The highest BCUT2D eigenvalue weighted by Gasteiger charge is 2.27. The highest BCUT2D eigenvalue weighted by Crippen LogP contribution is 2.13. The van der Waals surface area contributed by atoms with Crippen molar-refractivity contribution in [3.63, 3.8) is 0 Å². The van der Waals surface area contributed by atoms with Crippen molar-refractivity contribution in [3.05, 3.63) is 47.6 Å². The number of carboxylic acid groups (broad SMARTS) is 1. The zero-order valence-corrected chi connectivity index (χ0v) is 14.7. The number of hydrogen-bond acceptors (Lipinski definition) is 5. The normalized spacial score (nSPS) is 12.2. The number of nitrogens with zero attached hydrogens (tertiary/aromatic N) is 3. The number of likely N-dealkylation sites (N-methyl/N-ethyl adjacent to an activating group) is 1. The second-order valence-corrected chi connectivity index (χ2v) is 6.25. The zero-order valence-electron chi connectivity index (χ0n) is 14.7. The van der Waals surface area contributed by atoms with Gasteiger partial charge in [0.15, 0.2) is 5.82 Å². The van der Waals surface area contributed by atoms with Crippen molar-refractivity contribution in [1.82, 2.24) is 15.0 Å². The Morgan fingerprint density at radius 2 is 1.92 bits per heavy atom. The van der Waals surface area contributed by atoms with Gasteiger partial charge in [0.05, 0.1) is 0 Å². The van der Waals surface area contributed by atoms with Crippen LogP contribution < -0.4 is 0 Å². The van der Waals surface area contributed by atoms with Gasteiger partial charge in [-0.05, 0) is 5.56 Å². The predicted octanol–water partition coefficient (Wildman–Crippen LogP) is 2.28. The molecule has 0 aliphatic rings. The molecule has 0 radical (unpaired) electrons. The largest absolute Gasteiger partial charge is 0.480 e. The molecule has 0 saturated carbocycles. The van der Waals surface area contributed by atoms with Crippen LogP contribution in [0, 0.1) is 0 Å². The van der Waals surface area contributed by atoms with Crippen LogP contribution in [0.25, 0.3) is 0 Å². The van der Waals surface area contributed by atoms with Crippen LogP contribution in [0.4, 0.5) is 0 Å². The van der Waals surface area contributed by atoms with Crippen molar-refractivity contribution in [2.45, 2.75) is 45.1 Å². The Bertz CT molecular complexity index is 712. The molecule has 1 atom stereocenters. The third kappa shape index (κ3) is 5.14. The molecule has 1 aromatic carbocycles. The molecule has 7 nitrogen and oxygen atoms in total. The second kappa shape index (κ2) is 8.41. The van der Waals surface area contributed by atoms with Gasteiger partial charge in [-0.1, -0.05) is 49.3 Å². The molecule has 1 N–H and O–H groups in total. The lowest BCUT2D eigenvalue weighted by Gasteiger charge is -2.25. The molecule has 1 aromatic heterocycles. The average molecular weight is 345 g/mol. The first-order valence-electron chi connectivity index (χ1n) is 8.23. The van der Waals surface area contributed by atoms with Crippen LogP contribution in [0.5, 0.6) is 0 Å². The summed E-state index contributed by atoms with van der Waals surface area (Å²) in [7, 11) is 1.51. The lowest BCUT2D eigenvalue weighted by atomic mass is 10.0.